The van der Waals surface area contributed by atoms with Gasteiger partial charge in [-0.25, -0.2) is 0 Å². The summed E-state index contributed by atoms with van der Waals surface area (Å²) in [6.45, 7) is 2.45. The lowest BCUT2D eigenvalue weighted by Crippen LogP contribution is -2.31. The molecule has 0 radical (unpaired) electrons. The van der Waals surface area contributed by atoms with E-state index in [-0.39, 0.29) is 0 Å². The molecule has 0 amide bonds. The van der Waals surface area contributed by atoms with Gasteiger partial charge < -0.3 is 4.74 Å². The van der Waals surface area contributed by atoms with E-state index in [4.69, 9.17) is 4.74 Å². The van der Waals surface area contributed by atoms with E-state index in [0.29, 0.717) is 6.10 Å². The Balaban J connectivity index is 1.68. The van der Waals surface area contributed by atoms with Crippen molar-refractivity contribution in [1.82, 2.24) is 0 Å². The highest BCUT2D eigenvalue weighted by molar-refractivity contribution is 8.00. The average molecular weight is 254 g/mol. The van der Waals surface area contributed by atoms with Crippen LogP contribution in [0.15, 0.2) is 0 Å². The van der Waals surface area contributed by atoms with Gasteiger partial charge in [-0.2, -0.15) is 11.8 Å². The first kappa shape index (κ1) is 12.3. The highest BCUT2D eigenvalue weighted by atomic mass is 32.2. The predicted molar refractivity (Wildman–Crippen MR) is 74.4 cm³/mol. The van der Waals surface area contributed by atoms with Gasteiger partial charge in [-0.15, -0.1) is 0 Å². The molecule has 6 atom stereocenters. The van der Waals surface area contributed by atoms with Gasteiger partial charge in [0.05, 0.1) is 6.10 Å². The van der Waals surface area contributed by atoms with Crippen LogP contribution in [0.2, 0.25) is 0 Å². The second-order valence-corrected chi connectivity index (χ2v) is 7.95. The monoisotopic (exact) mass is 254 g/mol. The van der Waals surface area contributed by atoms with Crippen molar-refractivity contribution in [2.45, 2.75) is 68.5 Å². The molecule has 2 aliphatic carbocycles. The highest BCUT2D eigenvalue weighted by Crippen LogP contribution is 2.54. The molecule has 1 saturated heterocycles. The van der Waals surface area contributed by atoms with Crippen LogP contribution in [-0.4, -0.2) is 23.7 Å². The predicted octanol–water partition coefficient (Wildman–Crippen LogP) is 4.11. The molecule has 0 spiro atoms. The first-order valence-corrected chi connectivity index (χ1v) is 8.40. The number of fused-ring (bicyclic) bond motifs is 3. The normalized spacial score (nSPS) is 50.5. The van der Waals surface area contributed by atoms with Gasteiger partial charge in [-0.3, -0.25) is 0 Å². The van der Waals surface area contributed by atoms with Crippen LogP contribution in [0.4, 0.5) is 0 Å². The van der Waals surface area contributed by atoms with E-state index in [0.717, 1.165) is 28.3 Å². The second-order valence-electron chi connectivity index (χ2n) is 6.47. The molecular formula is C15H26OS. The Labute approximate surface area is 110 Å². The summed E-state index contributed by atoms with van der Waals surface area (Å²) in [6.07, 6.45) is 10.6. The van der Waals surface area contributed by atoms with Crippen LogP contribution < -0.4 is 0 Å². The van der Waals surface area contributed by atoms with Crippen LogP contribution in [0.1, 0.15) is 51.9 Å². The number of ether oxygens (including phenoxy) is 1. The van der Waals surface area contributed by atoms with E-state index in [1.54, 1.807) is 0 Å². The van der Waals surface area contributed by atoms with Crippen molar-refractivity contribution < 1.29 is 4.74 Å². The van der Waals surface area contributed by atoms with Crippen molar-refractivity contribution in [3.8, 4) is 0 Å². The molecule has 2 heteroatoms. The molecule has 2 saturated carbocycles. The minimum Gasteiger partial charge on any atom is -0.381 e. The quantitative estimate of drug-likeness (QED) is 0.696. The molecule has 17 heavy (non-hydrogen) atoms. The van der Waals surface area contributed by atoms with E-state index in [2.05, 4.69) is 18.7 Å². The molecule has 0 aromatic heterocycles. The first-order valence-electron chi connectivity index (χ1n) is 7.46. The van der Waals surface area contributed by atoms with Gasteiger partial charge in [0.15, 0.2) is 0 Å². The lowest BCUT2D eigenvalue weighted by molar-refractivity contribution is 0.0526. The summed E-state index contributed by atoms with van der Waals surface area (Å²) in [7, 11) is 1.89. The third-order valence-electron chi connectivity index (χ3n) is 5.44. The molecule has 1 nitrogen and oxygen atoms in total. The van der Waals surface area contributed by atoms with Crippen LogP contribution in [0.5, 0.6) is 0 Å². The minimum absolute atomic E-state index is 0.560. The molecule has 0 aromatic carbocycles. The zero-order chi connectivity index (χ0) is 11.8. The molecule has 0 N–H and O–H groups in total. The van der Waals surface area contributed by atoms with Gasteiger partial charge in [-0.05, 0) is 56.3 Å². The molecule has 3 rings (SSSR count). The fourth-order valence-electron chi connectivity index (χ4n) is 4.33. The standard InChI is InChI=1S/C15H26OS/c1-10-3-6-12-13-7-5-11(16-2)9-15(13)17-14(12)8-4-10/h10-15H,3-9H2,1-2H3. The van der Waals surface area contributed by atoms with Gasteiger partial charge in [0.1, 0.15) is 0 Å². The van der Waals surface area contributed by atoms with Gasteiger partial charge in [0.25, 0.3) is 0 Å². The third kappa shape index (κ3) is 2.40. The van der Waals surface area contributed by atoms with Crippen molar-refractivity contribution >= 4 is 11.8 Å². The van der Waals surface area contributed by atoms with Crippen molar-refractivity contribution in [3.63, 3.8) is 0 Å². The Hall–Kier alpha value is 0.310. The van der Waals surface area contributed by atoms with Crippen molar-refractivity contribution in [2.24, 2.45) is 17.8 Å². The van der Waals surface area contributed by atoms with Crippen LogP contribution in [0.3, 0.4) is 0 Å². The molecular weight excluding hydrogens is 228 g/mol. The summed E-state index contributed by atoms with van der Waals surface area (Å²) in [5, 5.41) is 1.92. The van der Waals surface area contributed by atoms with Crippen LogP contribution >= 0.6 is 11.8 Å². The number of rotatable bonds is 1. The molecule has 1 heterocycles. The fourth-order valence-corrected chi connectivity index (χ4v) is 6.46. The SMILES string of the molecule is COC1CCC2C(C1)SC1CCC(C)CCC12. The number of hydrogen-bond acceptors (Lipinski definition) is 2. The summed E-state index contributed by atoms with van der Waals surface area (Å²) >= 11 is 2.33. The van der Waals surface area contributed by atoms with E-state index >= 15 is 0 Å². The number of hydrogen-bond donors (Lipinski definition) is 0. The summed E-state index contributed by atoms with van der Waals surface area (Å²) in [6, 6.07) is 0. The van der Waals surface area contributed by atoms with Gasteiger partial charge in [0.2, 0.25) is 0 Å². The number of methoxy groups -OCH3 is 1. The molecule has 0 bridgehead atoms. The fraction of sp³-hybridized carbons (Fsp3) is 1.00. The highest BCUT2D eigenvalue weighted by Gasteiger charge is 2.46. The molecule has 6 unspecified atom stereocenters. The maximum Gasteiger partial charge on any atom is 0.0582 e. The van der Waals surface area contributed by atoms with E-state index in [9.17, 15) is 0 Å². The Kier molecular flexibility index (Phi) is 3.72. The second kappa shape index (κ2) is 5.13. The van der Waals surface area contributed by atoms with E-state index < -0.39 is 0 Å². The molecule has 3 fully saturated rings. The Morgan fingerprint density at radius 2 is 1.59 bits per heavy atom. The first-order chi connectivity index (χ1) is 8.28. The zero-order valence-corrected chi connectivity index (χ0v) is 12.0. The zero-order valence-electron chi connectivity index (χ0n) is 11.2. The minimum atomic E-state index is 0.560. The van der Waals surface area contributed by atoms with E-state index in [1.807, 2.05) is 7.11 Å². The molecule has 1 aliphatic heterocycles. The Bertz CT molecular complexity index is 268. The van der Waals surface area contributed by atoms with E-state index in [1.165, 1.54) is 44.9 Å². The van der Waals surface area contributed by atoms with Crippen LogP contribution in [-0.2, 0) is 4.74 Å². The molecule has 98 valence electrons. The lowest BCUT2D eigenvalue weighted by Gasteiger charge is -2.33. The van der Waals surface area contributed by atoms with Gasteiger partial charge >= 0.3 is 0 Å². The summed E-state index contributed by atoms with van der Waals surface area (Å²) in [5.74, 6) is 3.06. The van der Waals surface area contributed by atoms with Crippen molar-refractivity contribution in [2.75, 3.05) is 7.11 Å². The average Bonchev–Trinajstić information content (AvgIpc) is 2.60. The number of thioether (sulfide) groups is 1. The summed E-state index contributed by atoms with van der Waals surface area (Å²) in [5.41, 5.74) is 0. The van der Waals surface area contributed by atoms with Crippen molar-refractivity contribution in [1.29, 1.82) is 0 Å². The Morgan fingerprint density at radius 3 is 2.41 bits per heavy atom. The lowest BCUT2D eigenvalue weighted by atomic mass is 9.76. The maximum atomic E-state index is 5.58. The molecule has 3 aliphatic rings. The molecule has 0 aromatic rings. The maximum absolute atomic E-state index is 5.58. The largest absolute Gasteiger partial charge is 0.381 e. The van der Waals surface area contributed by atoms with Gasteiger partial charge in [0, 0.05) is 17.6 Å². The Morgan fingerprint density at radius 1 is 0.882 bits per heavy atom. The van der Waals surface area contributed by atoms with Crippen LogP contribution in [0.25, 0.3) is 0 Å². The third-order valence-corrected chi connectivity index (χ3v) is 7.27. The smallest absolute Gasteiger partial charge is 0.0582 e. The topological polar surface area (TPSA) is 9.23 Å². The van der Waals surface area contributed by atoms with Crippen LogP contribution in [0, 0.1) is 17.8 Å². The van der Waals surface area contributed by atoms with Gasteiger partial charge in [-0.1, -0.05) is 13.3 Å². The van der Waals surface area contributed by atoms with Crippen molar-refractivity contribution in [3.05, 3.63) is 0 Å². The summed E-state index contributed by atoms with van der Waals surface area (Å²) in [4.78, 5) is 0. The summed E-state index contributed by atoms with van der Waals surface area (Å²) < 4.78 is 5.58.